The Morgan fingerprint density at radius 1 is 1.32 bits per heavy atom. The Balaban J connectivity index is 1.58. The van der Waals surface area contributed by atoms with Gasteiger partial charge in [0.1, 0.15) is 23.5 Å². The zero-order valence-electron chi connectivity index (χ0n) is 17.3. The topological polar surface area (TPSA) is 119 Å². The van der Waals surface area contributed by atoms with Gasteiger partial charge < -0.3 is 24.4 Å². The molecule has 2 aliphatic heterocycles. The lowest BCUT2D eigenvalue weighted by Gasteiger charge is -2.27. The average Bonchev–Trinajstić information content (AvgIpc) is 3.45. The van der Waals surface area contributed by atoms with Gasteiger partial charge >= 0.3 is 6.09 Å². The number of hydrogen-bond acceptors (Lipinski definition) is 7. The third kappa shape index (κ3) is 3.46. The molecule has 1 saturated carbocycles. The average molecular weight is 453 g/mol. The van der Waals surface area contributed by atoms with Crippen LogP contribution < -0.4 is 4.90 Å². The minimum absolute atomic E-state index is 0.110. The summed E-state index contributed by atoms with van der Waals surface area (Å²) in [6, 6.07) is 1.45. The second-order valence-corrected chi connectivity index (χ2v) is 9.08. The minimum atomic E-state index is -1.03. The van der Waals surface area contributed by atoms with E-state index >= 15 is 0 Å². The fourth-order valence-electron chi connectivity index (χ4n) is 4.98. The molecule has 168 valence electrons. The molecule has 0 spiro atoms. The van der Waals surface area contributed by atoms with Crippen LogP contribution >= 0.6 is 11.6 Å². The number of nitrogens with zero attached hydrogens (tertiary/aromatic N) is 4. The Morgan fingerprint density at radius 2 is 2.03 bits per heavy atom. The highest BCUT2D eigenvalue weighted by Crippen LogP contribution is 2.44. The minimum Gasteiger partial charge on any atom is -0.465 e. The second kappa shape index (κ2) is 7.56. The maximum absolute atomic E-state index is 12.2. The Bertz CT molecular complexity index is 1010. The zero-order chi connectivity index (χ0) is 21.9. The number of halogens is 1. The molecule has 3 fully saturated rings. The van der Waals surface area contributed by atoms with E-state index in [1.165, 1.54) is 9.58 Å². The van der Waals surface area contributed by atoms with Crippen LogP contribution in [0.5, 0.6) is 0 Å². The van der Waals surface area contributed by atoms with Crippen molar-refractivity contribution in [3.05, 3.63) is 17.4 Å². The van der Waals surface area contributed by atoms with E-state index in [0.29, 0.717) is 16.7 Å². The van der Waals surface area contributed by atoms with Crippen LogP contribution in [0.15, 0.2) is 12.3 Å². The normalized spacial score (nSPS) is 30.2. The van der Waals surface area contributed by atoms with E-state index in [0.717, 1.165) is 25.7 Å². The van der Waals surface area contributed by atoms with Crippen molar-refractivity contribution >= 4 is 34.4 Å². The van der Waals surface area contributed by atoms with Gasteiger partial charge in [-0.05, 0) is 26.7 Å². The molecular formula is C20H25ClN4O6. The number of aliphatic hydroxyl groups excluding tert-OH is 1. The van der Waals surface area contributed by atoms with E-state index < -0.39 is 36.4 Å². The summed E-state index contributed by atoms with van der Waals surface area (Å²) in [6.07, 6.45) is 1.87. The van der Waals surface area contributed by atoms with Gasteiger partial charge in [0.2, 0.25) is 0 Å². The Morgan fingerprint density at radius 3 is 2.71 bits per heavy atom. The van der Waals surface area contributed by atoms with Crippen LogP contribution in [0.4, 0.5) is 10.5 Å². The van der Waals surface area contributed by atoms with E-state index in [-0.39, 0.29) is 17.8 Å². The fourth-order valence-corrected chi connectivity index (χ4v) is 5.16. The molecule has 11 heteroatoms. The van der Waals surface area contributed by atoms with Crippen molar-refractivity contribution in [2.24, 2.45) is 0 Å². The number of pyridine rings is 1. The van der Waals surface area contributed by atoms with E-state index in [1.54, 1.807) is 26.1 Å². The lowest BCUT2D eigenvalue weighted by molar-refractivity contribution is -0.201. The number of ether oxygens (including phenoxy) is 3. The molecule has 4 heterocycles. The van der Waals surface area contributed by atoms with Crippen molar-refractivity contribution < 1.29 is 29.2 Å². The van der Waals surface area contributed by atoms with Gasteiger partial charge in [-0.25, -0.2) is 14.5 Å². The van der Waals surface area contributed by atoms with Gasteiger partial charge in [0.15, 0.2) is 17.7 Å². The lowest BCUT2D eigenvalue weighted by Crippen LogP contribution is -2.38. The number of aromatic nitrogens is 3. The first kappa shape index (κ1) is 20.9. The van der Waals surface area contributed by atoms with Crippen molar-refractivity contribution in [3.63, 3.8) is 0 Å². The molecule has 10 nitrogen and oxygen atoms in total. The quantitative estimate of drug-likeness (QED) is 0.679. The SMILES string of the molecule is CC1(C)O[C@@H]2[C@H](O1)[C@@H](CO)O[C@H]2n1ncc2c(N(C(=O)O)C3CCCC3)cc(Cl)nc21. The first-order valence-electron chi connectivity index (χ1n) is 10.5. The van der Waals surface area contributed by atoms with Crippen LogP contribution in [0, 0.1) is 0 Å². The molecule has 0 bridgehead atoms. The molecule has 31 heavy (non-hydrogen) atoms. The maximum Gasteiger partial charge on any atom is 0.412 e. The number of hydrogen-bond donors (Lipinski definition) is 2. The number of rotatable bonds is 4. The molecule has 0 unspecified atom stereocenters. The van der Waals surface area contributed by atoms with Crippen molar-refractivity contribution in [2.45, 2.75) is 75.9 Å². The third-order valence-corrected chi connectivity index (χ3v) is 6.41. The van der Waals surface area contributed by atoms with Crippen molar-refractivity contribution in [1.82, 2.24) is 14.8 Å². The van der Waals surface area contributed by atoms with Crippen LogP contribution in [0.2, 0.25) is 5.15 Å². The van der Waals surface area contributed by atoms with Crippen molar-refractivity contribution in [2.75, 3.05) is 11.5 Å². The van der Waals surface area contributed by atoms with Crippen LogP contribution in [0.25, 0.3) is 11.0 Å². The highest BCUT2D eigenvalue weighted by atomic mass is 35.5. The number of fused-ring (bicyclic) bond motifs is 2. The lowest BCUT2D eigenvalue weighted by atomic mass is 10.1. The van der Waals surface area contributed by atoms with Crippen molar-refractivity contribution in [1.29, 1.82) is 0 Å². The number of carbonyl (C=O) groups is 1. The summed E-state index contributed by atoms with van der Waals surface area (Å²) >= 11 is 6.32. The number of anilines is 1. The molecule has 2 N–H and O–H groups in total. The van der Waals surface area contributed by atoms with E-state index in [2.05, 4.69) is 10.1 Å². The van der Waals surface area contributed by atoms with Gasteiger partial charge in [-0.1, -0.05) is 24.4 Å². The number of amides is 1. The summed E-state index contributed by atoms with van der Waals surface area (Å²) in [5.74, 6) is -0.827. The largest absolute Gasteiger partial charge is 0.465 e. The summed E-state index contributed by atoms with van der Waals surface area (Å²) in [6.45, 7) is 3.37. The fraction of sp³-hybridized carbons (Fsp3) is 0.650. The Hall–Kier alpha value is -1.98. The molecule has 0 aromatic carbocycles. The van der Waals surface area contributed by atoms with Crippen molar-refractivity contribution in [3.8, 4) is 0 Å². The van der Waals surface area contributed by atoms with Crippen LogP contribution in [0.1, 0.15) is 45.8 Å². The molecule has 5 rings (SSSR count). The molecule has 2 aromatic rings. The summed E-state index contributed by atoms with van der Waals surface area (Å²) in [7, 11) is 0. The van der Waals surface area contributed by atoms with Gasteiger partial charge in [-0.3, -0.25) is 4.90 Å². The molecule has 0 radical (unpaired) electrons. The van der Waals surface area contributed by atoms with Crippen LogP contribution in [0.3, 0.4) is 0 Å². The van der Waals surface area contributed by atoms with Crippen LogP contribution in [-0.4, -0.2) is 67.8 Å². The molecule has 1 aliphatic carbocycles. The summed E-state index contributed by atoms with van der Waals surface area (Å²) < 4.78 is 19.5. The van der Waals surface area contributed by atoms with Gasteiger partial charge in [0.05, 0.1) is 23.9 Å². The van der Waals surface area contributed by atoms with E-state index in [1.807, 2.05) is 0 Å². The molecular weight excluding hydrogens is 428 g/mol. The maximum atomic E-state index is 12.2. The van der Waals surface area contributed by atoms with Crippen LogP contribution in [-0.2, 0) is 14.2 Å². The molecule has 4 atom stereocenters. The van der Waals surface area contributed by atoms with Gasteiger partial charge in [-0.2, -0.15) is 5.10 Å². The zero-order valence-corrected chi connectivity index (χ0v) is 18.0. The number of carboxylic acid groups (broad SMARTS) is 1. The second-order valence-electron chi connectivity index (χ2n) is 8.69. The van der Waals surface area contributed by atoms with Gasteiger partial charge in [0, 0.05) is 12.1 Å². The standard InChI is InChI=1S/C20H25ClN4O6/c1-20(2)30-15-13(9-26)29-18(16(15)31-20)25-17-11(8-22-25)12(7-14(21)23-17)24(19(27)28)10-5-3-4-6-10/h7-8,10,13,15-16,18,26H,3-6,9H2,1-2H3,(H,27,28)/t13-,15-,16-,18-/m1/s1. The third-order valence-electron chi connectivity index (χ3n) is 6.22. The molecule has 3 aliphatic rings. The summed E-state index contributed by atoms with van der Waals surface area (Å²) in [4.78, 5) is 17.9. The number of aliphatic hydroxyl groups is 1. The van der Waals surface area contributed by atoms with E-state index in [9.17, 15) is 15.0 Å². The summed E-state index contributed by atoms with van der Waals surface area (Å²) in [5.41, 5.74) is 0.847. The monoisotopic (exact) mass is 452 g/mol. The predicted octanol–water partition coefficient (Wildman–Crippen LogP) is 2.92. The Kier molecular flexibility index (Phi) is 5.10. The first-order valence-corrected chi connectivity index (χ1v) is 10.8. The van der Waals surface area contributed by atoms with Gasteiger partial charge in [0.25, 0.3) is 0 Å². The highest BCUT2D eigenvalue weighted by Gasteiger charge is 2.56. The smallest absolute Gasteiger partial charge is 0.412 e. The predicted molar refractivity (Wildman–Crippen MR) is 110 cm³/mol. The highest BCUT2D eigenvalue weighted by molar-refractivity contribution is 6.30. The Labute approximate surface area is 183 Å². The summed E-state index contributed by atoms with van der Waals surface area (Å²) in [5, 5.41) is 24.9. The first-order chi connectivity index (χ1) is 14.8. The molecule has 2 aromatic heterocycles. The van der Waals surface area contributed by atoms with E-state index in [4.69, 9.17) is 25.8 Å². The molecule has 1 amide bonds. The van der Waals surface area contributed by atoms with Gasteiger partial charge in [-0.15, -0.1) is 0 Å². The molecule has 2 saturated heterocycles.